The van der Waals surface area contributed by atoms with Gasteiger partial charge in [0.2, 0.25) is 0 Å². The molecule has 180 valence electrons. The third-order valence-corrected chi connectivity index (χ3v) is 7.98. The van der Waals surface area contributed by atoms with Crippen LogP contribution in [0.2, 0.25) is 0 Å². The van der Waals surface area contributed by atoms with Gasteiger partial charge in [0.05, 0.1) is 22.4 Å². The third kappa shape index (κ3) is 2.87. The van der Waals surface area contributed by atoms with Gasteiger partial charge in [-0.15, -0.1) is 0 Å². The molecule has 2 heterocycles. The molecule has 0 bridgehead atoms. The molecular weight excluding hydrogens is 476 g/mol. The quantitative estimate of drug-likeness (QED) is 0.224. The molecule has 0 aliphatic carbocycles. The van der Waals surface area contributed by atoms with E-state index in [1.807, 2.05) is 30.3 Å². The lowest BCUT2D eigenvalue weighted by molar-refractivity contribution is 0.670. The maximum absolute atomic E-state index is 6.41. The molecule has 0 radical (unpaired) electrons. The fraction of sp³-hybridized carbons (Fsp3) is 0. The summed E-state index contributed by atoms with van der Waals surface area (Å²) in [5.74, 6) is 0. The number of fused-ring (bicyclic) bond motifs is 6. The summed E-state index contributed by atoms with van der Waals surface area (Å²) in [7, 11) is 0. The lowest BCUT2D eigenvalue weighted by atomic mass is 9.90. The van der Waals surface area contributed by atoms with Gasteiger partial charge < -0.3 is 4.42 Å². The van der Waals surface area contributed by atoms with Crippen LogP contribution in [0, 0.1) is 0 Å². The molecule has 9 rings (SSSR count). The van der Waals surface area contributed by atoms with Crippen molar-refractivity contribution in [2.24, 2.45) is 0 Å². The van der Waals surface area contributed by atoms with Gasteiger partial charge >= 0.3 is 0 Å². The highest BCUT2D eigenvalue weighted by Crippen LogP contribution is 2.46. The largest absolute Gasteiger partial charge is 0.456 e. The van der Waals surface area contributed by atoms with Crippen LogP contribution in [0.25, 0.3) is 87.8 Å². The average Bonchev–Trinajstić information content (AvgIpc) is 3.38. The van der Waals surface area contributed by atoms with E-state index in [1.165, 1.54) is 37.7 Å². The van der Waals surface area contributed by atoms with E-state index < -0.39 is 0 Å². The number of aromatic nitrogens is 2. The standard InChI is InChI=1S/C36H20N2O/c1-2-9-21(10-3-1)35-36(38-29-15-7-6-14-28(29)37-35)23-18-17-22-20-31-34-32(27(22)19-23)25-12-5-4-11-24(25)26-13-8-16-30(39-31)33(26)34/h1-20H. The van der Waals surface area contributed by atoms with Gasteiger partial charge in [0, 0.05) is 27.3 Å². The molecule has 0 aliphatic heterocycles. The van der Waals surface area contributed by atoms with Crippen molar-refractivity contribution < 1.29 is 4.42 Å². The van der Waals surface area contributed by atoms with Gasteiger partial charge in [0.15, 0.2) is 0 Å². The first-order valence-electron chi connectivity index (χ1n) is 13.2. The highest BCUT2D eigenvalue weighted by Gasteiger charge is 2.20. The number of para-hydroxylation sites is 2. The Morgan fingerprint density at radius 3 is 1.90 bits per heavy atom. The van der Waals surface area contributed by atoms with Gasteiger partial charge in [0.1, 0.15) is 11.2 Å². The Balaban J connectivity index is 1.44. The minimum absolute atomic E-state index is 0.885. The zero-order valence-corrected chi connectivity index (χ0v) is 20.8. The molecule has 0 aliphatic rings. The predicted molar refractivity (Wildman–Crippen MR) is 161 cm³/mol. The minimum atomic E-state index is 0.885. The summed E-state index contributed by atoms with van der Waals surface area (Å²) in [5.41, 5.74) is 7.52. The zero-order valence-electron chi connectivity index (χ0n) is 20.8. The van der Waals surface area contributed by atoms with Crippen molar-refractivity contribution in [1.82, 2.24) is 9.97 Å². The van der Waals surface area contributed by atoms with Gasteiger partial charge in [-0.1, -0.05) is 91.0 Å². The Hall–Kier alpha value is -5.28. The second-order valence-electron chi connectivity index (χ2n) is 10.2. The van der Waals surface area contributed by atoms with Crippen molar-refractivity contribution in [1.29, 1.82) is 0 Å². The van der Waals surface area contributed by atoms with Crippen molar-refractivity contribution in [2.45, 2.75) is 0 Å². The number of benzene rings is 7. The Morgan fingerprint density at radius 1 is 0.410 bits per heavy atom. The summed E-state index contributed by atoms with van der Waals surface area (Å²) in [6.07, 6.45) is 0. The lowest BCUT2D eigenvalue weighted by Crippen LogP contribution is -1.95. The average molecular weight is 497 g/mol. The molecule has 0 atom stereocenters. The molecule has 7 aromatic carbocycles. The number of nitrogens with zero attached hydrogens (tertiary/aromatic N) is 2. The van der Waals surface area contributed by atoms with Crippen LogP contribution in [0.1, 0.15) is 0 Å². The fourth-order valence-corrected chi connectivity index (χ4v) is 6.28. The molecule has 0 unspecified atom stereocenters. The maximum Gasteiger partial charge on any atom is 0.136 e. The minimum Gasteiger partial charge on any atom is -0.456 e. The Morgan fingerprint density at radius 2 is 1.08 bits per heavy atom. The summed E-state index contributed by atoms with van der Waals surface area (Å²) < 4.78 is 6.41. The van der Waals surface area contributed by atoms with Crippen LogP contribution in [0.4, 0.5) is 0 Å². The third-order valence-electron chi connectivity index (χ3n) is 7.98. The number of hydrogen-bond acceptors (Lipinski definition) is 3. The van der Waals surface area contributed by atoms with Crippen LogP contribution in [0.15, 0.2) is 126 Å². The van der Waals surface area contributed by atoms with E-state index in [1.54, 1.807) is 0 Å². The monoisotopic (exact) mass is 496 g/mol. The van der Waals surface area contributed by atoms with Crippen LogP contribution >= 0.6 is 0 Å². The van der Waals surface area contributed by atoms with Gasteiger partial charge in [-0.3, -0.25) is 0 Å². The number of hydrogen-bond donors (Lipinski definition) is 0. The molecule has 39 heavy (non-hydrogen) atoms. The molecule has 0 saturated heterocycles. The van der Waals surface area contributed by atoms with E-state index in [-0.39, 0.29) is 0 Å². The van der Waals surface area contributed by atoms with Crippen LogP contribution < -0.4 is 0 Å². The van der Waals surface area contributed by atoms with Gasteiger partial charge in [-0.25, -0.2) is 9.97 Å². The summed E-state index contributed by atoms with van der Waals surface area (Å²) in [6, 6.07) is 42.3. The summed E-state index contributed by atoms with van der Waals surface area (Å²) in [6.45, 7) is 0. The highest BCUT2D eigenvalue weighted by molar-refractivity contribution is 6.38. The smallest absolute Gasteiger partial charge is 0.136 e. The summed E-state index contributed by atoms with van der Waals surface area (Å²) >= 11 is 0. The molecule has 3 nitrogen and oxygen atoms in total. The topological polar surface area (TPSA) is 38.9 Å². The Bertz CT molecular complexity index is 2390. The number of furan rings is 1. The Kier molecular flexibility index (Phi) is 4.05. The first kappa shape index (κ1) is 20.7. The molecule has 0 fully saturated rings. The van der Waals surface area contributed by atoms with Crippen LogP contribution in [-0.2, 0) is 0 Å². The molecular formula is C36H20N2O. The second kappa shape index (κ2) is 7.62. The second-order valence-corrected chi connectivity index (χ2v) is 10.2. The van der Waals surface area contributed by atoms with E-state index in [0.29, 0.717) is 0 Å². The van der Waals surface area contributed by atoms with E-state index in [4.69, 9.17) is 14.4 Å². The Labute approximate surface area is 223 Å². The summed E-state index contributed by atoms with van der Waals surface area (Å²) in [5, 5.41) is 9.67. The van der Waals surface area contributed by atoms with E-state index in [0.717, 1.165) is 50.1 Å². The van der Waals surface area contributed by atoms with Crippen molar-refractivity contribution >= 4 is 65.3 Å². The van der Waals surface area contributed by atoms with Crippen molar-refractivity contribution in [2.75, 3.05) is 0 Å². The van der Waals surface area contributed by atoms with Crippen molar-refractivity contribution in [3.8, 4) is 22.5 Å². The van der Waals surface area contributed by atoms with E-state index >= 15 is 0 Å². The SMILES string of the molecule is c1ccc(-c2nc3ccccc3nc2-c2ccc3cc4oc5cccc6c7ccccc7c(c3c2)c4c56)cc1. The van der Waals surface area contributed by atoms with Crippen LogP contribution in [0.3, 0.4) is 0 Å². The lowest BCUT2D eigenvalue weighted by Gasteiger charge is -2.14. The van der Waals surface area contributed by atoms with Gasteiger partial charge in [-0.05, 0) is 57.3 Å². The molecule has 0 spiro atoms. The van der Waals surface area contributed by atoms with Gasteiger partial charge in [0.25, 0.3) is 0 Å². The molecule has 0 N–H and O–H groups in total. The van der Waals surface area contributed by atoms with Crippen LogP contribution in [0.5, 0.6) is 0 Å². The van der Waals surface area contributed by atoms with E-state index in [9.17, 15) is 0 Å². The van der Waals surface area contributed by atoms with Crippen LogP contribution in [-0.4, -0.2) is 9.97 Å². The van der Waals surface area contributed by atoms with Gasteiger partial charge in [-0.2, -0.15) is 0 Å². The molecule has 3 heteroatoms. The first-order valence-corrected chi connectivity index (χ1v) is 13.2. The van der Waals surface area contributed by atoms with Crippen molar-refractivity contribution in [3.05, 3.63) is 121 Å². The predicted octanol–water partition coefficient (Wildman–Crippen LogP) is 9.76. The van der Waals surface area contributed by atoms with Crippen molar-refractivity contribution in [3.63, 3.8) is 0 Å². The normalized spacial score (nSPS) is 12.1. The summed E-state index contributed by atoms with van der Waals surface area (Å²) in [4.78, 5) is 10.3. The fourth-order valence-electron chi connectivity index (χ4n) is 6.28. The molecule has 2 aromatic heterocycles. The zero-order chi connectivity index (χ0) is 25.5. The number of rotatable bonds is 2. The maximum atomic E-state index is 6.41. The molecule has 9 aromatic rings. The first-order chi connectivity index (χ1) is 19.3. The molecule has 0 saturated carbocycles. The van der Waals surface area contributed by atoms with E-state index in [2.05, 4.69) is 91.0 Å². The molecule has 0 amide bonds. The highest BCUT2D eigenvalue weighted by atomic mass is 16.3.